The van der Waals surface area contributed by atoms with E-state index < -0.39 is 0 Å². The number of hydrogen-bond acceptors (Lipinski definition) is 3. The molecule has 0 aromatic heterocycles. The molecule has 19 heavy (non-hydrogen) atoms. The zero-order chi connectivity index (χ0) is 13.8. The first-order valence-corrected chi connectivity index (χ1v) is 7.01. The van der Waals surface area contributed by atoms with Crippen molar-refractivity contribution in [1.82, 2.24) is 5.32 Å². The van der Waals surface area contributed by atoms with Gasteiger partial charge in [-0.25, -0.2) is 0 Å². The van der Waals surface area contributed by atoms with E-state index in [0.717, 1.165) is 29.5 Å². The monoisotopic (exact) mass is 262 g/mol. The number of benzene rings is 1. The summed E-state index contributed by atoms with van der Waals surface area (Å²) in [6, 6.07) is 5.47. The van der Waals surface area contributed by atoms with Gasteiger partial charge in [0, 0.05) is 18.2 Å². The van der Waals surface area contributed by atoms with Crippen molar-refractivity contribution in [1.29, 1.82) is 0 Å². The third-order valence-corrected chi connectivity index (χ3v) is 4.04. The number of nitrogens with zero attached hydrogens (tertiary/aromatic N) is 1. The Hall–Kier alpha value is -1.42. The van der Waals surface area contributed by atoms with E-state index in [2.05, 4.69) is 12.2 Å². The van der Waals surface area contributed by atoms with Crippen LogP contribution in [-0.2, 0) is 6.54 Å². The third kappa shape index (κ3) is 3.77. The molecule has 0 bridgehead atoms. The molecule has 2 unspecified atom stereocenters. The van der Waals surface area contributed by atoms with Gasteiger partial charge in [-0.3, -0.25) is 10.1 Å². The van der Waals surface area contributed by atoms with Crippen molar-refractivity contribution >= 4 is 5.69 Å². The maximum Gasteiger partial charge on any atom is 0.272 e. The first kappa shape index (κ1) is 14.0. The summed E-state index contributed by atoms with van der Waals surface area (Å²) in [6.45, 7) is 5.82. The first-order valence-electron chi connectivity index (χ1n) is 7.01. The number of aryl methyl sites for hydroxylation is 1. The summed E-state index contributed by atoms with van der Waals surface area (Å²) >= 11 is 0. The van der Waals surface area contributed by atoms with E-state index in [-0.39, 0.29) is 10.6 Å². The van der Waals surface area contributed by atoms with Crippen LogP contribution in [0.15, 0.2) is 18.2 Å². The van der Waals surface area contributed by atoms with Crippen LogP contribution in [0.1, 0.15) is 37.3 Å². The maximum absolute atomic E-state index is 10.9. The molecule has 2 rings (SSSR count). The quantitative estimate of drug-likeness (QED) is 0.653. The van der Waals surface area contributed by atoms with Crippen molar-refractivity contribution in [2.45, 2.75) is 39.7 Å². The van der Waals surface area contributed by atoms with Crippen molar-refractivity contribution in [3.63, 3.8) is 0 Å². The van der Waals surface area contributed by atoms with Crippen molar-refractivity contribution in [2.24, 2.45) is 11.8 Å². The van der Waals surface area contributed by atoms with Gasteiger partial charge in [0.05, 0.1) is 4.92 Å². The molecule has 0 spiro atoms. The lowest BCUT2D eigenvalue weighted by atomic mass is 10.1. The zero-order valence-corrected chi connectivity index (χ0v) is 11.7. The lowest BCUT2D eigenvalue weighted by Gasteiger charge is -2.11. The van der Waals surface area contributed by atoms with Gasteiger partial charge in [0.1, 0.15) is 0 Å². The van der Waals surface area contributed by atoms with Gasteiger partial charge in [-0.15, -0.1) is 0 Å². The molecular weight excluding hydrogens is 240 g/mol. The summed E-state index contributed by atoms with van der Waals surface area (Å²) < 4.78 is 0. The second kappa shape index (κ2) is 6.15. The van der Waals surface area contributed by atoms with Crippen LogP contribution in [0.25, 0.3) is 0 Å². The van der Waals surface area contributed by atoms with Crippen LogP contribution in [0, 0.1) is 28.9 Å². The van der Waals surface area contributed by atoms with Crippen LogP contribution in [0.3, 0.4) is 0 Å². The summed E-state index contributed by atoms with van der Waals surface area (Å²) in [4.78, 5) is 10.6. The molecule has 0 saturated heterocycles. The summed E-state index contributed by atoms with van der Waals surface area (Å²) in [5, 5.41) is 14.3. The number of hydrogen-bond donors (Lipinski definition) is 1. The Morgan fingerprint density at radius 1 is 1.42 bits per heavy atom. The number of nitro groups is 1. The number of rotatable bonds is 5. The van der Waals surface area contributed by atoms with Gasteiger partial charge in [0.25, 0.3) is 5.69 Å². The highest BCUT2D eigenvalue weighted by Crippen LogP contribution is 2.29. The maximum atomic E-state index is 10.9. The molecule has 1 aliphatic carbocycles. The fourth-order valence-electron chi connectivity index (χ4n) is 2.89. The highest BCUT2D eigenvalue weighted by atomic mass is 16.6. The molecule has 104 valence electrons. The van der Waals surface area contributed by atoms with E-state index in [4.69, 9.17) is 0 Å². The van der Waals surface area contributed by atoms with Crippen LogP contribution in [0.5, 0.6) is 0 Å². The number of nitro benzene ring substituents is 1. The van der Waals surface area contributed by atoms with Gasteiger partial charge in [-0.2, -0.15) is 0 Å². The highest BCUT2D eigenvalue weighted by Gasteiger charge is 2.20. The molecule has 4 heteroatoms. The van der Waals surface area contributed by atoms with E-state index in [1.807, 2.05) is 12.1 Å². The first-order chi connectivity index (χ1) is 9.06. The van der Waals surface area contributed by atoms with Gasteiger partial charge in [-0.1, -0.05) is 25.5 Å². The van der Waals surface area contributed by atoms with Crippen molar-refractivity contribution in [3.05, 3.63) is 39.4 Å². The minimum Gasteiger partial charge on any atom is -0.312 e. The highest BCUT2D eigenvalue weighted by molar-refractivity contribution is 5.42. The Balaban J connectivity index is 1.86. The minimum absolute atomic E-state index is 0.216. The van der Waals surface area contributed by atoms with E-state index in [9.17, 15) is 10.1 Å². The van der Waals surface area contributed by atoms with Crippen LogP contribution >= 0.6 is 0 Å². The predicted octanol–water partition coefficient (Wildman–Crippen LogP) is 3.43. The van der Waals surface area contributed by atoms with Crippen molar-refractivity contribution in [2.75, 3.05) is 6.54 Å². The summed E-state index contributed by atoms with van der Waals surface area (Å²) in [7, 11) is 0. The fraction of sp³-hybridized carbons (Fsp3) is 0.600. The minimum atomic E-state index is -0.308. The molecule has 1 N–H and O–H groups in total. The summed E-state index contributed by atoms with van der Waals surface area (Å²) in [6.07, 6.45) is 3.95. The van der Waals surface area contributed by atoms with E-state index in [1.165, 1.54) is 19.3 Å². The lowest BCUT2D eigenvalue weighted by molar-refractivity contribution is -0.385. The second-order valence-electron chi connectivity index (χ2n) is 5.79. The normalized spacial score (nSPS) is 22.6. The molecule has 1 saturated carbocycles. The Morgan fingerprint density at radius 3 is 2.84 bits per heavy atom. The molecule has 0 amide bonds. The lowest BCUT2D eigenvalue weighted by Crippen LogP contribution is -2.21. The van der Waals surface area contributed by atoms with Crippen LogP contribution < -0.4 is 5.32 Å². The molecule has 0 aliphatic heterocycles. The summed E-state index contributed by atoms with van der Waals surface area (Å²) in [5.74, 6) is 1.63. The Labute approximate surface area is 114 Å². The molecule has 4 nitrogen and oxygen atoms in total. The smallest absolute Gasteiger partial charge is 0.272 e. The Bertz CT molecular complexity index is 459. The molecule has 2 atom stereocenters. The fourth-order valence-corrected chi connectivity index (χ4v) is 2.89. The molecule has 1 aromatic rings. The predicted molar refractivity (Wildman–Crippen MR) is 76.0 cm³/mol. The van der Waals surface area contributed by atoms with Gasteiger partial charge < -0.3 is 5.32 Å². The van der Waals surface area contributed by atoms with Crippen LogP contribution in [0.4, 0.5) is 5.69 Å². The van der Waals surface area contributed by atoms with E-state index >= 15 is 0 Å². The van der Waals surface area contributed by atoms with Gasteiger partial charge >= 0.3 is 0 Å². The van der Waals surface area contributed by atoms with E-state index in [1.54, 1.807) is 13.0 Å². The molecular formula is C15H22N2O2. The molecule has 1 fully saturated rings. The second-order valence-corrected chi connectivity index (χ2v) is 5.79. The van der Waals surface area contributed by atoms with Gasteiger partial charge in [0.15, 0.2) is 0 Å². The topological polar surface area (TPSA) is 55.2 Å². The molecule has 0 heterocycles. The van der Waals surface area contributed by atoms with E-state index in [0.29, 0.717) is 6.54 Å². The molecule has 1 aromatic carbocycles. The van der Waals surface area contributed by atoms with Crippen molar-refractivity contribution in [3.8, 4) is 0 Å². The summed E-state index contributed by atoms with van der Waals surface area (Å²) in [5.41, 5.74) is 1.93. The largest absolute Gasteiger partial charge is 0.312 e. The number of nitrogens with one attached hydrogen (secondary N) is 1. The Morgan fingerprint density at radius 2 is 2.21 bits per heavy atom. The average molecular weight is 262 g/mol. The van der Waals surface area contributed by atoms with Gasteiger partial charge in [-0.05, 0) is 43.7 Å². The van der Waals surface area contributed by atoms with Crippen LogP contribution in [0.2, 0.25) is 0 Å². The molecule has 1 aliphatic rings. The zero-order valence-electron chi connectivity index (χ0n) is 11.7. The van der Waals surface area contributed by atoms with Crippen LogP contribution in [-0.4, -0.2) is 11.5 Å². The Kier molecular flexibility index (Phi) is 4.53. The van der Waals surface area contributed by atoms with Crippen molar-refractivity contribution < 1.29 is 4.92 Å². The standard InChI is InChI=1S/C15H22N2O2/c1-11-3-5-13(7-11)9-16-10-14-6-4-12(2)15(8-14)17(18)19/h4,6,8,11,13,16H,3,5,7,9-10H2,1-2H3. The van der Waals surface area contributed by atoms with Gasteiger partial charge in [0.2, 0.25) is 0 Å². The third-order valence-electron chi connectivity index (χ3n) is 4.04. The molecule has 0 radical (unpaired) electrons. The SMILES string of the molecule is Cc1ccc(CNCC2CCC(C)C2)cc1[N+](=O)[O-]. The average Bonchev–Trinajstić information content (AvgIpc) is 2.77.